The standard InChI is InChI=1S/C17H29NO3/c1-14(2)18-17(12-19,16-8-6-5-7-9-16)13-20-10-11-21-15(3)4/h5-9,14-15,18-19H,10-13H2,1-4H3. The van der Waals surface area contributed by atoms with Crippen LogP contribution in [0.4, 0.5) is 0 Å². The smallest absolute Gasteiger partial charge is 0.0907 e. The maximum atomic E-state index is 9.95. The van der Waals surface area contributed by atoms with E-state index in [0.717, 1.165) is 5.56 Å². The fourth-order valence-corrected chi connectivity index (χ4v) is 2.29. The fraction of sp³-hybridized carbons (Fsp3) is 0.647. The van der Waals surface area contributed by atoms with E-state index < -0.39 is 5.54 Å². The van der Waals surface area contributed by atoms with Crippen LogP contribution in [0.5, 0.6) is 0 Å². The third-order valence-electron chi connectivity index (χ3n) is 3.19. The number of rotatable bonds is 10. The van der Waals surface area contributed by atoms with E-state index in [1.807, 2.05) is 44.2 Å². The molecule has 0 saturated carbocycles. The van der Waals surface area contributed by atoms with Gasteiger partial charge in [-0.05, 0) is 33.3 Å². The lowest BCUT2D eigenvalue weighted by Gasteiger charge is -2.35. The van der Waals surface area contributed by atoms with Gasteiger partial charge in [-0.3, -0.25) is 0 Å². The van der Waals surface area contributed by atoms with Crippen molar-refractivity contribution in [3.63, 3.8) is 0 Å². The highest BCUT2D eigenvalue weighted by Crippen LogP contribution is 2.22. The lowest BCUT2D eigenvalue weighted by Crippen LogP contribution is -2.52. The predicted octanol–water partition coefficient (Wildman–Crippen LogP) is 2.31. The van der Waals surface area contributed by atoms with Crippen LogP contribution in [0.1, 0.15) is 33.3 Å². The number of hydrogen-bond acceptors (Lipinski definition) is 4. The first kappa shape index (κ1) is 18.1. The summed E-state index contributed by atoms with van der Waals surface area (Å²) < 4.78 is 11.2. The first-order valence-corrected chi connectivity index (χ1v) is 7.63. The molecule has 0 aliphatic carbocycles. The monoisotopic (exact) mass is 295 g/mol. The van der Waals surface area contributed by atoms with Gasteiger partial charge in [-0.15, -0.1) is 0 Å². The van der Waals surface area contributed by atoms with Gasteiger partial charge < -0.3 is 19.9 Å². The van der Waals surface area contributed by atoms with Gasteiger partial charge in [0.15, 0.2) is 0 Å². The van der Waals surface area contributed by atoms with Crippen LogP contribution in [-0.2, 0) is 15.0 Å². The molecule has 0 amide bonds. The average Bonchev–Trinajstić information content (AvgIpc) is 2.46. The molecule has 0 bridgehead atoms. The molecule has 1 aromatic rings. The van der Waals surface area contributed by atoms with Gasteiger partial charge in [0.1, 0.15) is 0 Å². The van der Waals surface area contributed by atoms with Gasteiger partial charge in [0.25, 0.3) is 0 Å². The van der Waals surface area contributed by atoms with Crippen LogP contribution in [0.15, 0.2) is 30.3 Å². The van der Waals surface area contributed by atoms with Crippen molar-refractivity contribution in [2.24, 2.45) is 0 Å². The Morgan fingerprint density at radius 1 is 1.10 bits per heavy atom. The second-order valence-corrected chi connectivity index (χ2v) is 5.88. The maximum Gasteiger partial charge on any atom is 0.0907 e. The Morgan fingerprint density at radius 3 is 2.29 bits per heavy atom. The third-order valence-corrected chi connectivity index (χ3v) is 3.19. The van der Waals surface area contributed by atoms with Crippen molar-refractivity contribution < 1.29 is 14.6 Å². The Balaban J connectivity index is 2.68. The number of benzene rings is 1. The number of hydrogen-bond donors (Lipinski definition) is 2. The SMILES string of the molecule is CC(C)NC(CO)(COCCOC(C)C)c1ccccc1. The molecule has 0 spiro atoms. The molecule has 0 fully saturated rings. The molecule has 0 aliphatic rings. The van der Waals surface area contributed by atoms with Crippen LogP contribution in [0, 0.1) is 0 Å². The lowest BCUT2D eigenvalue weighted by molar-refractivity contribution is -0.0144. The lowest BCUT2D eigenvalue weighted by atomic mass is 9.90. The van der Waals surface area contributed by atoms with Crippen molar-refractivity contribution in [3.05, 3.63) is 35.9 Å². The summed E-state index contributed by atoms with van der Waals surface area (Å²) in [4.78, 5) is 0. The molecule has 4 heteroatoms. The zero-order chi connectivity index (χ0) is 15.7. The number of ether oxygens (including phenoxy) is 2. The van der Waals surface area contributed by atoms with Crippen molar-refractivity contribution in [3.8, 4) is 0 Å². The molecular weight excluding hydrogens is 266 g/mol. The van der Waals surface area contributed by atoms with Crippen LogP contribution in [0.2, 0.25) is 0 Å². The highest BCUT2D eigenvalue weighted by Gasteiger charge is 2.32. The minimum atomic E-state index is -0.576. The van der Waals surface area contributed by atoms with Crippen LogP contribution in [0.25, 0.3) is 0 Å². The van der Waals surface area contributed by atoms with Gasteiger partial charge in [0, 0.05) is 6.04 Å². The minimum Gasteiger partial charge on any atom is -0.394 e. The summed E-state index contributed by atoms with van der Waals surface area (Å²) in [5.41, 5.74) is 0.457. The van der Waals surface area contributed by atoms with E-state index in [0.29, 0.717) is 19.8 Å². The van der Waals surface area contributed by atoms with Crippen molar-refractivity contribution >= 4 is 0 Å². The second-order valence-electron chi connectivity index (χ2n) is 5.88. The van der Waals surface area contributed by atoms with Crippen molar-refractivity contribution in [1.82, 2.24) is 5.32 Å². The van der Waals surface area contributed by atoms with Gasteiger partial charge >= 0.3 is 0 Å². The molecule has 0 heterocycles. The molecule has 4 nitrogen and oxygen atoms in total. The zero-order valence-corrected chi connectivity index (χ0v) is 13.6. The van der Waals surface area contributed by atoms with E-state index in [2.05, 4.69) is 19.2 Å². The molecule has 0 aliphatic heterocycles. The van der Waals surface area contributed by atoms with E-state index in [1.165, 1.54) is 0 Å². The largest absolute Gasteiger partial charge is 0.394 e. The number of aliphatic hydroxyl groups is 1. The molecule has 1 aromatic carbocycles. The first-order valence-electron chi connectivity index (χ1n) is 7.63. The van der Waals surface area contributed by atoms with E-state index >= 15 is 0 Å². The fourth-order valence-electron chi connectivity index (χ4n) is 2.29. The van der Waals surface area contributed by atoms with Crippen LogP contribution in [0.3, 0.4) is 0 Å². The first-order chi connectivity index (χ1) is 10.00. The predicted molar refractivity (Wildman–Crippen MR) is 85.4 cm³/mol. The van der Waals surface area contributed by atoms with Crippen molar-refractivity contribution in [2.45, 2.75) is 45.4 Å². The molecular formula is C17H29NO3. The van der Waals surface area contributed by atoms with Crippen molar-refractivity contribution in [1.29, 1.82) is 0 Å². The molecule has 120 valence electrons. The molecule has 1 unspecified atom stereocenters. The van der Waals surface area contributed by atoms with E-state index in [1.54, 1.807) is 0 Å². The van der Waals surface area contributed by atoms with Crippen LogP contribution >= 0.6 is 0 Å². The molecule has 0 radical (unpaired) electrons. The summed E-state index contributed by atoms with van der Waals surface area (Å²) in [6.45, 7) is 9.62. The summed E-state index contributed by atoms with van der Waals surface area (Å²) in [6, 6.07) is 10.2. The Hall–Kier alpha value is -0.940. The Labute approximate surface area is 128 Å². The molecule has 0 aromatic heterocycles. The molecule has 1 rings (SSSR count). The summed E-state index contributed by atoms with van der Waals surface area (Å²) in [7, 11) is 0. The van der Waals surface area contributed by atoms with Gasteiger partial charge in [0.05, 0.1) is 38.1 Å². The van der Waals surface area contributed by atoms with Gasteiger partial charge in [-0.1, -0.05) is 30.3 Å². The quantitative estimate of drug-likeness (QED) is 0.650. The van der Waals surface area contributed by atoms with Gasteiger partial charge in [-0.25, -0.2) is 0 Å². The summed E-state index contributed by atoms with van der Waals surface area (Å²) >= 11 is 0. The van der Waals surface area contributed by atoms with Crippen molar-refractivity contribution in [2.75, 3.05) is 26.4 Å². The van der Waals surface area contributed by atoms with Crippen LogP contribution < -0.4 is 5.32 Å². The Morgan fingerprint density at radius 2 is 1.76 bits per heavy atom. The normalized spacial score (nSPS) is 14.6. The molecule has 1 atom stereocenters. The van der Waals surface area contributed by atoms with E-state index in [4.69, 9.17) is 9.47 Å². The topological polar surface area (TPSA) is 50.7 Å². The van der Waals surface area contributed by atoms with Gasteiger partial charge in [0.2, 0.25) is 0 Å². The summed E-state index contributed by atoms with van der Waals surface area (Å²) in [6.07, 6.45) is 0.208. The van der Waals surface area contributed by atoms with E-state index in [-0.39, 0.29) is 18.8 Å². The molecule has 2 N–H and O–H groups in total. The van der Waals surface area contributed by atoms with Crippen LogP contribution in [-0.4, -0.2) is 43.7 Å². The highest BCUT2D eigenvalue weighted by atomic mass is 16.5. The zero-order valence-electron chi connectivity index (χ0n) is 13.6. The van der Waals surface area contributed by atoms with Gasteiger partial charge in [-0.2, -0.15) is 0 Å². The number of nitrogens with one attached hydrogen (secondary N) is 1. The van der Waals surface area contributed by atoms with E-state index in [9.17, 15) is 5.11 Å². The molecule has 21 heavy (non-hydrogen) atoms. The Kier molecular flexibility index (Phi) is 7.89. The summed E-state index contributed by atoms with van der Waals surface area (Å²) in [5, 5.41) is 13.4. The minimum absolute atomic E-state index is 0.0137. The Bertz CT molecular complexity index is 381. The molecule has 0 saturated heterocycles. The maximum absolute atomic E-state index is 9.95. The summed E-state index contributed by atoms with van der Waals surface area (Å²) in [5.74, 6) is 0. The number of aliphatic hydroxyl groups excluding tert-OH is 1. The highest BCUT2D eigenvalue weighted by molar-refractivity contribution is 5.25. The third kappa shape index (κ3) is 6.14. The second kappa shape index (κ2) is 9.15. The average molecular weight is 295 g/mol.